The van der Waals surface area contributed by atoms with Crippen LogP contribution < -0.4 is 5.32 Å². The summed E-state index contributed by atoms with van der Waals surface area (Å²) >= 11 is 12.2. The first-order valence-corrected chi connectivity index (χ1v) is 7.64. The lowest BCUT2D eigenvalue weighted by Gasteiger charge is -2.09. The molecule has 1 amide bonds. The van der Waals surface area contributed by atoms with E-state index < -0.39 is 0 Å². The Bertz CT molecular complexity index is 934. The summed E-state index contributed by atoms with van der Waals surface area (Å²) in [6.45, 7) is 1.83. The Balaban J connectivity index is 2.02. The summed E-state index contributed by atoms with van der Waals surface area (Å²) < 4.78 is 15.5. The average Bonchev–Trinajstić information content (AvgIpc) is 2.83. The zero-order chi connectivity index (χ0) is 16.7. The van der Waals surface area contributed by atoms with E-state index in [-0.39, 0.29) is 11.7 Å². The van der Waals surface area contributed by atoms with Gasteiger partial charge < -0.3 is 9.88 Å². The van der Waals surface area contributed by atoms with Gasteiger partial charge in [0.25, 0.3) is 5.91 Å². The van der Waals surface area contributed by atoms with Crippen LogP contribution in [-0.2, 0) is 7.05 Å². The van der Waals surface area contributed by atoms with Gasteiger partial charge in [0.15, 0.2) is 0 Å². The quantitative estimate of drug-likeness (QED) is 0.678. The van der Waals surface area contributed by atoms with Crippen LogP contribution in [0.4, 0.5) is 10.1 Å². The summed E-state index contributed by atoms with van der Waals surface area (Å²) in [5.74, 6) is -0.747. The van der Waals surface area contributed by atoms with Crippen LogP contribution in [0.3, 0.4) is 0 Å². The lowest BCUT2D eigenvalue weighted by molar-refractivity contribution is 0.102. The minimum atomic E-state index is -0.375. The van der Waals surface area contributed by atoms with Gasteiger partial charge in [-0.1, -0.05) is 35.3 Å². The topological polar surface area (TPSA) is 34.0 Å². The van der Waals surface area contributed by atoms with Gasteiger partial charge in [0, 0.05) is 23.7 Å². The fraction of sp³-hybridized carbons (Fsp3) is 0.118. The molecule has 0 saturated heterocycles. The number of rotatable bonds is 2. The molecule has 0 aliphatic rings. The first-order chi connectivity index (χ1) is 10.9. The summed E-state index contributed by atoms with van der Waals surface area (Å²) in [4.78, 5) is 12.6. The molecule has 23 heavy (non-hydrogen) atoms. The number of hydrogen-bond donors (Lipinski definition) is 1. The third-order valence-corrected chi connectivity index (χ3v) is 4.41. The van der Waals surface area contributed by atoms with Crippen LogP contribution in [0.15, 0.2) is 36.5 Å². The summed E-state index contributed by atoms with van der Waals surface area (Å²) in [6.07, 6.45) is 1.59. The minimum absolute atomic E-state index is 0.370. The lowest BCUT2D eigenvalue weighted by atomic mass is 10.1. The van der Waals surface area contributed by atoms with Gasteiger partial charge in [0.05, 0.1) is 21.8 Å². The molecule has 1 heterocycles. The molecule has 0 radical (unpaired) electrons. The van der Waals surface area contributed by atoms with Crippen LogP contribution in [0.25, 0.3) is 10.9 Å². The summed E-state index contributed by atoms with van der Waals surface area (Å²) in [5.41, 5.74) is 1.99. The SMILES string of the molecule is Cc1cc(Cl)c(NC(=O)c2cn(C)c3c(F)cccc23)cc1Cl. The van der Waals surface area contributed by atoms with Crippen LogP contribution >= 0.6 is 23.2 Å². The van der Waals surface area contributed by atoms with Crippen molar-refractivity contribution in [1.29, 1.82) is 0 Å². The van der Waals surface area contributed by atoms with Gasteiger partial charge in [0.1, 0.15) is 5.82 Å². The fourth-order valence-corrected chi connectivity index (χ4v) is 2.96. The van der Waals surface area contributed by atoms with E-state index in [1.165, 1.54) is 6.07 Å². The monoisotopic (exact) mass is 350 g/mol. The summed E-state index contributed by atoms with van der Waals surface area (Å²) in [6, 6.07) is 7.92. The van der Waals surface area contributed by atoms with Crippen molar-refractivity contribution in [3.8, 4) is 0 Å². The predicted octanol–water partition coefficient (Wildman–Crippen LogP) is 5.18. The van der Waals surface area contributed by atoms with Crippen LogP contribution in [0.5, 0.6) is 0 Å². The molecule has 0 aliphatic carbocycles. The number of aryl methyl sites for hydroxylation is 2. The smallest absolute Gasteiger partial charge is 0.257 e. The third kappa shape index (κ3) is 2.80. The van der Waals surface area contributed by atoms with E-state index in [1.807, 2.05) is 6.92 Å². The number of amides is 1. The number of aromatic nitrogens is 1. The van der Waals surface area contributed by atoms with Gasteiger partial charge in [-0.15, -0.1) is 0 Å². The number of nitrogens with zero attached hydrogens (tertiary/aromatic N) is 1. The second kappa shape index (κ2) is 5.87. The number of nitrogens with one attached hydrogen (secondary N) is 1. The van der Waals surface area contributed by atoms with Crippen molar-refractivity contribution >= 4 is 45.7 Å². The zero-order valence-electron chi connectivity index (χ0n) is 12.5. The van der Waals surface area contributed by atoms with Crippen molar-refractivity contribution in [2.24, 2.45) is 7.05 Å². The summed E-state index contributed by atoms with van der Waals surface area (Å²) in [5, 5.41) is 4.17. The number of halogens is 3. The molecule has 0 bridgehead atoms. The van der Waals surface area contributed by atoms with E-state index in [4.69, 9.17) is 23.2 Å². The Morgan fingerprint density at radius 1 is 1.22 bits per heavy atom. The molecule has 3 rings (SSSR count). The minimum Gasteiger partial charge on any atom is -0.347 e. The molecule has 0 saturated carbocycles. The Hall–Kier alpha value is -2.04. The summed E-state index contributed by atoms with van der Waals surface area (Å²) in [7, 11) is 1.69. The second-order valence-corrected chi connectivity index (χ2v) is 6.14. The molecule has 3 nitrogen and oxygen atoms in total. The normalized spacial score (nSPS) is 11.0. The molecule has 0 fully saturated rings. The number of anilines is 1. The van der Waals surface area contributed by atoms with Crippen LogP contribution in [-0.4, -0.2) is 10.5 Å². The number of benzene rings is 2. The molecule has 1 aromatic heterocycles. The van der Waals surface area contributed by atoms with Gasteiger partial charge in [-0.2, -0.15) is 0 Å². The number of carbonyl (C=O) groups is 1. The highest BCUT2D eigenvalue weighted by Gasteiger charge is 2.17. The third-order valence-electron chi connectivity index (χ3n) is 3.69. The van der Waals surface area contributed by atoms with Gasteiger partial charge in [0.2, 0.25) is 0 Å². The van der Waals surface area contributed by atoms with Gasteiger partial charge >= 0.3 is 0 Å². The van der Waals surface area contributed by atoms with Crippen molar-refractivity contribution in [3.63, 3.8) is 0 Å². The van der Waals surface area contributed by atoms with Crippen molar-refractivity contribution < 1.29 is 9.18 Å². The maximum Gasteiger partial charge on any atom is 0.257 e. The van der Waals surface area contributed by atoms with Crippen molar-refractivity contribution in [1.82, 2.24) is 4.57 Å². The van der Waals surface area contributed by atoms with Crippen molar-refractivity contribution in [2.75, 3.05) is 5.32 Å². The zero-order valence-corrected chi connectivity index (χ0v) is 14.0. The number of hydrogen-bond acceptors (Lipinski definition) is 1. The van der Waals surface area contributed by atoms with E-state index in [0.29, 0.717) is 32.2 Å². The standard InChI is InChI=1S/C17H13Cl2FN2O/c1-9-6-13(19)15(7-12(9)18)21-17(23)11-8-22(2)16-10(11)4-3-5-14(16)20/h3-8H,1-2H3,(H,21,23). The molecule has 1 N–H and O–H groups in total. The highest BCUT2D eigenvalue weighted by Crippen LogP contribution is 2.30. The van der Waals surface area contributed by atoms with Gasteiger partial charge in [-0.25, -0.2) is 4.39 Å². The molecule has 3 aromatic rings. The second-order valence-electron chi connectivity index (χ2n) is 5.33. The Labute approximate surface area is 142 Å². The molecule has 0 aliphatic heterocycles. The highest BCUT2D eigenvalue weighted by molar-refractivity contribution is 6.36. The van der Waals surface area contributed by atoms with Crippen LogP contribution in [0.2, 0.25) is 10.0 Å². The molecule has 0 spiro atoms. The van der Waals surface area contributed by atoms with Crippen molar-refractivity contribution in [3.05, 3.63) is 63.5 Å². The van der Waals surface area contributed by atoms with Gasteiger partial charge in [-0.05, 0) is 30.7 Å². The fourth-order valence-electron chi connectivity index (χ4n) is 2.53. The van der Waals surface area contributed by atoms with Gasteiger partial charge in [-0.3, -0.25) is 4.79 Å². The Morgan fingerprint density at radius 3 is 2.70 bits per heavy atom. The molecule has 0 unspecified atom stereocenters. The number of fused-ring (bicyclic) bond motifs is 1. The molecule has 0 atom stereocenters. The predicted molar refractivity (Wildman–Crippen MR) is 92.0 cm³/mol. The lowest BCUT2D eigenvalue weighted by Crippen LogP contribution is -2.12. The maximum absolute atomic E-state index is 13.9. The van der Waals surface area contributed by atoms with E-state index in [0.717, 1.165) is 5.56 Å². The van der Waals surface area contributed by atoms with E-state index >= 15 is 0 Å². The van der Waals surface area contributed by atoms with E-state index in [9.17, 15) is 9.18 Å². The first kappa shape index (κ1) is 15.8. The first-order valence-electron chi connectivity index (χ1n) is 6.89. The average molecular weight is 351 g/mol. The molecule has 2 aromatic carbocycles. The van der Waals surface area contributed by atoms with Crippen LogP contribution in [0, 0.1) is 12.7 Å². The molecular formula is C17H13Cl2FN2O. The highest BCUT2D eigenvalue weighted by atomic mass is 35.5. The molecular weight excluding hydrogens is 338 g/mol. The Kier molecular flexibility index (Phi) is 4.04. The maximum atomic E-state index is 13.9. The Morgan fingerprint density at radius 2 is 1.96 bits per heavy atom. The van der Waals surface area contributed by atoms with E-state index in [1.54, 1.807) is 42.1 Å². The molecule has 118 valence electrons. The largest absolute Gasteiger partial charge is 0.347 e. The number of carbonyl (C=O) groups excluding carboxylic acids is 1. The number of para-hydroxylation sites is 1. The van der Waals surface area contributed by atoms with Crippen molar-refractivity contribution in [2.45, 2.75) is 6.92 Å². The van der Waals surface area contributed by atoms with E-state index in [2.05, 4.69) is 5.32 Å². The van der Waals surface area contributed by atoms with Crippen LogP contribution in [0.1, 0.15) is 15.9 Å². The molecule has 6 heteroatoms.